The fourth-order valence-electron chi connectivity index (χ4n) is 0.758. The zero-order valence-corrected chi connectivity index (χ0v) is 6.58. The Balaban J connectivity index is 2.91. The SMILES string of the molecule is O=Cc1ccc(/C=C/Cl)cc1. The molecule has 0 saturated carbocycles. The number of hydrogen-bond acceptors (Lipinski definition) is 1. The predicted molar refractivity (Wildman–Crippen MR) is 46.7 cm³/mol. The Morgan fingerprint density at radius 2 is 1.64 bits per heavy atom. The summed E-state index contributed by atoms with van der Waals surface area (Å²) in [4.78, 5) is 10.2. The zero-order chi connectivity index (χ0) is 8.10. The van der Waals surface area contributed by atoms with Gasteiger partial charge in [-0.3, -0.25) is 4.79 Å². The number of carbonyl (C=O) groups excluding carboxylic acids is 1. The second-order valence-electron chi connectivity index (χ2n) is 2.08. The van der Waals surface area contributed by atoms with Crippen LogP contribution in [0.5, 0.6) is 0 Å². The van der Waals surface area contributed by atoms with Gasteiger partial charge in [0.2, 0.25) is 0 Å². The first kappa shape index (κ1) is 8.02. The lowest BCUT2D eigenvalue weighted by Crippen LogP contribution is -1.77. The highest BCUT2D eigenvalue weighted by Crippen LogP contribution is 2.04. The summed E-state index contributed by atoms with van der Waals surface area (Å²) in [7, 11) is 0. The largest absolute Gasteiger partial charge is 0.298 e. The van der Waals surface area contributed by atoms with Gasteiger partial charge in [-0.15, -0.1) is 0 Å². The summed E-state index contributed by atoms with van der Waals surface area (Å²) in [6.45, 7) is 0. The molecule has 1 aromatic carbocycles. The Kier molecular flexibility index (Phi) is 2.87. The second-order valence-corrected chi connectivity index (χ2v) is 2.33. The lowest BCUT2D eigenvalue weighted by Gasteiger charge is -1.91. The summed E-state index contributed by atoms with van der Waals surface area (Å²) in [5.41, 5.74) is 3.11. The van der Waals surface area contributed by atoms with Crippen molar-refractivity contribution in [2.45, 2.75) is 0 Å². The minimum absolute atomic E-state index is 0.678. The molecule has 0 N–H and O–H groups in total. The summed E-state index contributed by atoms with van der Waals surface area (Å²) >= 11 is 5.36. The normalized spacial score (nSPS) is 10.3. The number of hydrogen-bond donors (Lipinski definition) is 0. The summed E-state index contributed by atoms with van der Waals surface area (Å²) in [6, 6.07) is 7.17. The van der Waals surface area contributed by atoms with Crippen molar-refractivity contribution in [2.24, 2.45) is 0 Å². The molecule has 0 radical (unpaired) electrons. The Morgan fingerprint density at radius 1 is 1.09 bits per heavy atom. The number of halogens is 1. The average Bonchev–Trinajstić information content (AvgIpc) is 2.07. The van der Waals surface area contributed by atoms with E-state index in [0.717, 1.165) is 11.8 Å². The molecule has 1 aromatic rings. The molecule has 0 aliphatic rings. The number of aldehydes is 1. The van der Waals surface area contributed by atoms with Gasteiger partial charge in [0.1, 0.15) is 6.29 Å². The molecule has 1 nitrogen and oxygen atoms in total. The summed E-state index contributed by atoms with van der Waals surface area (Å²) in [5, 5.41) is 0. The van der Waals surface area contributed by atoms with Crippen molar-refractivity contribution < 1.29 is 4.79 Å². The topological polar surface area (TPSA) is 17.1 Å². The Labute approximate surface area is 70.3 Å². The lowest BCUT2D eigenvalue weighted by atomic mass is 10.1. The van der Waals surface area contributed by atoms with Gasteiger partial charge in [0.05, 0.1) is 0 Å². The molecular weight excluding hydrogens is 160 g/mol. The van der Waals surface area contributed by atoms with Gasteiger partial charge in [0.15, 0.2) is 0 Å². The van der Waals surface area contributed by atoms with Gasteiger partial charge in [-0.2, -0.15) is 0 Å². The first-order valence-electron chi connectivity index (χ1n) is 3.19. The Morgan fingerprint density at radius 3 is 2.09 bits per heavy atom. The maximum Gasteiger partial charge on any atom is 0.150 e. The van der Waals surface area contributed by atoms with E-state index in [4.69, 9.17) is 11.6 Å². The predicted octanol–water partition coefficient (Wildman–Crippen LogP) is 2.71. The molecule has 1 rings (SSSR count). The third kappa shape index (κ3) is 2.20. The van der Waals surface area contributed by atoms with Gasteiger partial charge in [0.25, 0.3) is 0 Å². The molecular formula is C9H7ClO. The third-order valence-corrected chi connectivity index (χ3v) is 1.45. The fraction of sp³-hybridized carbons (Fsp3) is 0. The van der Waals surface area contributed by atoms with E-state index < -0.39 is 0 Å². The van der Waals surface area contributed by atoms with Crippen LogP contribution in [-0.4, -0.2) is 6.29 Å². The number of benzene rings is 1. The quantitative estimate of drug-likeness (QED) is 0.618. The van der Waals surface area contributed by atoms with Crippen molar-refractivity contribution in [2.75, 3.05) is 0 Å². The summed E-state index contributed by atoms with van der Waals surface area (Å²) in [5.74, 6) is 0. The highest BCUT2D eigenvalue weighted by molar-refractivity contribution is 6.27. The molecule has 11 heavy (non-hydrogen) atoms. The van der Waals surface area contributed by atoms with E-state index in [2.05, 4.69) is 0 Å². The number of rotatable bonds is 2. The van der Waals surface area contributed by atoms with Crippen molar-refractivity contribution in [1.82, 2.24) is 0 Å². The minimum Gasteiger partial charge on any atom is -0.298 e. The van der Waals surface area contributed by atoms with E-state index in [0.29, 0.717) is 5.56 Å². The Hall–Kier alpha value is -1.08. The van der Waals surface area contributed by atoms with Gasteiger partial charge in [0, 0.05) is 11.1 Å². The van der Waals surface area contributed by atoms with Crippen molar-refractivity contribution in [3.05, 3.63) is 40.9 Å². The van der Waals surface area contributed by atoms with E-state index in [1.807, 2.05) is 12.1 Å². The lowest BCUT2D eigenvalue weighted by molar-refractivity contribution is 0.112. The fourth-order valence-corrected chi connectivity index (χ4v) is 0.904. The van der Waals surface area contributed by atoms with Crippen LogP contribution in [0.1, 0.15) is 15.9 Å². The molecule has 2 heteroatoms. The van der Waals surface area contributed by atoms with Gasteiger partial charge < -0.3 is 0 Å². The van der Waals surface area contributed by atoms with Crippen molar-refractivity contribution >= 4 is 24.0 Å². The van der Waals surface area contributed by atoms with Gasteiger partial charge in [-0.05, 0) is 11.6 Å². The second kappa shape index (κ2) is 3.94. The maximum absolute atomic E-state index is 10.2. The zero-order valence-electron chi connectivity index (χ0n) is 5.83. The first-order chi connectivity index (χ1) is 5.36. The van der Waals surface area contributed by atoms with Crippen LogP contribution in [0.4, 0.5) is 0 Å². The van der Waals surface area contributed by atoms with Gasteiger partial charge in [-0.25, -0.2) is 0 Å². The van der Waals surface area contributed by atoms with Crippen molar-refractivity contribution in [3.63, 3.8) is 0 Å². The van der Waals surface area contributed by atoms with Crippen LogP contribution in [0, 0.1) is 0 Å². The van der Waals surface area contributed by atoms with E-state index in [1.54, 1.807) is 18.2 Å². The monoisotopic (exact) mass is 166 g/mol. The molecule has 0 saturated heterocycles. The molecule has 56 valence electrons. The first-order valence-corrected chi connectivity index (χ1v) is 3.62. The van der Waals surface area contributed by atoms with Crippen molar-refractivity contribution in [3.8, 4) is 0 Å². The Bertz CT molecular complexity index is 261. The standard InChI is InChI=1S/C9H7ClO/c10-6-5-8-1-3-9(7-11)4-2-8/h1-7H/b6-5+. The van der Waals surface area contributed by atoms with E-state index in [-0.39, 0.29) is 0 Å². The van der Waals surface area contributed by atoms with E-state index in [1.165, 1.54) is 5.54 Å². The highest BCUT2D eigenvalue weighted by atomic mass is 35.5. The molecule has 0 heterocycles. The van der Waals surface area contributed by atoms with E-state index in [9.17, 15) is 4.79 Å². The van der Waals surface area contributed by atoms with Crippen molar-refractivity contribution in [1.29, 1.82) is 0 Å². The average molecular weight is 167 g/mol. The van der Waals surface area contributed by atoms with Crippen LogP contribution in [-0.2, 0) is 0 Å². The third-order valence-electron chi connectivity index (χ3n) is 1.33. The van der Waals surface area contributed by atoms with Crippen LogP contribution < -0.4 is 0 Å². The molecule has 0 atom stereocenters. The minimum atomic E-state index is 0.678. The van der Waals surface area contributed by atoms with Crippen LogP contribution >= 0.6 is 11.6 Å². The molecule has 0 fully saturated rings. The molecule has 0 amide bonds. The summed E-state index contributed by atoms with van der Waals surface area (Å²) in [6.07, 6.45) is 2.57. The van der Waals surface area contributed by atoms with Crippen LogP contribution in [0.3, 0.4) is 0 Å². The molecule has 0 spiro atoms. The molecule has 0 aliphatic heterocycles. The van der Waals surface area contributed by atoms with E-state index >= 15 is 0 Å². The van der Waals surface area contributed by atoms with Gasteiger partial charge in [-0.1, -0.05) is 35.9 Å². The highest BCUT2D eigenvalue weighted by Gasteiger charge is 1.87. The summed E-state index contributed by atoms with van der Waals surface area (Å²) < 4.78 is 0. The smallest absolute Gasteiger partial charge is 0.150 e. The van der Waals surface area contributed by atoms with Crippen LogP contribution in [0.15, 0.2) is 29.8 Å². The molecule has 0 aromatic heterocycles. The molecule has 0 unspecified atom stereocenters. The molecule has 0 aliphatic carbocycles. The van der Waals surface area contributed by atoms with Crippen LogP contribution in [0.2, 0.25) is 0 Å². The number of carbonyl (C=O) groups is 1. The van der Waals surface area contributed by atoms with Gasteiger partial charge >= 0.3 is 0 Å². The van der Waals surface area contributed by atoms with Crippen LogP contribution in [0.25, 0.3) is 6.08 Å². The maximum atomic E-state index is 10.2. The molecule has 0 bridgehead atoms.